The van der Waals surface area contributed by atoms with Gasteiger partial charge in [-0.15, -0.1) is 0 Å². The highest BCUT2D eigenvalue weighted by Gasteiger charge is 2.18. The second kappa shape index (κ2) is 10.2. The van der Waals surface area contributed by atoms with Gasteiger partial charge in [0.05, 0.1) is 5.16 Å². The van der Waals surface area contributed by atoms with Gasteiger partial charge < -0.3 is 0 Å². The first kappa shape index (κ1) is 22.3. The van der Waals surface area contributed by atoms with Crippen LogP contribution in [0.3, 0.4) is 0 Å². The Morgan fingerprint density at radius 3 is 2.28 bits per heavy atom. The van der Waals surface area contributed by atoms with E-state index >= 15 is 0 Å². The lowest BCUT2D eigenvalue weighted by molar-refractivity contribution is 0.300. The number of rotatable bonds is 4. The number of fused-ring (bicyclic) bond motifs is 1. The summed E-state index contributed by atoms with van der Waals surface area (Å²) < 4.78 is 28.4. The van der Waals surface area contributed by atoms with Crippen LogP contribution in [0.4, 0.5) is 14.5 Å². The third-order valence-corrected chi connectivity index (χ3v) is 6.40. The average molecular weight is 446 g/mol. The van der Waals surface area contributed by atoms with Crippen LogP contribution in [0, 0.1) is 35.3 Å². The molecule has 0 unspecified atom stereocenters. The molecule has 1 aliphatic rings. The van der Waals surface area contributed by atoms with Crippen molar-refractivity contribution in [2.45, 2.75) is 45.4 Å². The van der Waals surface area contributed by atoms with E-state index < -0.39 is 17.3 Å². The summed E-state index contributed by atoms with van der Waals surface area (Å²) in [6, 6.07) is 14.4. The number of isothiocyanates is 1. The Hall–Kier alpha value is -2.86. The largest absolute Gasteiger partial charge is 0.204 e. The van der Waals surface area contributed by atoms with Gasteiger partial charge in [-0.25, -0.2) is 8.78 Å². The summed E-state index contributed by atoms with van der Waals surface area (Å²) in [6.07, 6.45) is 7.63. The molecular weight excluding hydrogens is 420 g/mol. The quantitative estimate of drug-likeness (QED) is 0.223. The molecule has 0 aromatic heterocycles. The van der Waals surface area contributed by atoms with Crippen molar-refractivity contribution in [1.82, 2.24) is 0 Å². The minimum absolute atomic E-state index is 0.411. The third kappa shape index (κ3) is 5.13. The van der Waals surface area contributed by atoms with E-state index in [2.05, 4.69) is 42.0 Å². The second-order valence-electron chi connectivity index (χ2n) is 8.54. The van der Waals surface area contributed by atoms with Crippen LogP contribution in [-0.4, -0.2) is 5.16 Å². The van der Waals surface area contributed by atoms with Crippen molar-refractivity contribution < 1.29 is 8.78 Å². The van der Waals surface area contributed by atoms with E-state index in [1.165, 1.54) is 50.7 Å². The molecule has 0 amide bonds. The molecule has 32 heavy (non-hydrogen) atoms. The first-order chi connectivity index (χ1) is 15.6. The van der Waals surface area contributed by atoms with Gasteiger partial charge in [0, 0.05) is 11.5 Å². The minimum Gasteiger partial charge on any atom is -0.204 e. The fourth-order valence-electron chi connectivity index (χ4n) is 4.58. The highest BCUT2D eigenvalue weighted by molar-refractivity contribution is 7.78. The number of halogens is 2. The number of thiocarbonyl (C=S) groups is 1. The van der Waals surface area contributed by atoms with E-state index in [-0.39, 0.29) is 0 Å². The second-order valence-corrected chi connectivity index (χ2v) is 8.73. The maximum atomic E-state index is 14.2. The van der Waals surface area contributed by atoms with Crippen molar-refractivity contribution in [3.63, 3.8) is 0 Å². The van der Waals surface area contributed by atoms with Gasteiger partial charge in [0.25, 0.3) is 0 Å². The minimum atomic E-state index is -0.758. The zero-order chi connectivity index (χ0) is 22.5. The summed E-state index contributed by atoms with van der Waals surface area (Å²) in [5.41, 5.74) is 1.77. The summed E-state index contributed by atoms with van der Waals surface area (Å²) in [5.74, 6) is 6.70. The van der Waals surface area contributed by atoms with Gasteiger partial charge in [-0.2, -0.15) is 4.99 Å². The van der Waals surface area contributed by atoms with Crippen LogP contribution in [0.5, 0.6) is 0 Å². The van der Waals surface area contributed by atoms with Crippen LogP contribution in [0.1, 0.15) is 51.0 Å². The molecule has 162 valence electrons. The predicted molar refractivity (Wildman–Crippen MR) is 131 cm³/mol. The SMILES string of the molecule is CCCC1CCC(C#Cc2ccc3cc(-c4cc(F)c(N=C=S)c(F)c4)ccc3c2)CC1. The monoisotopic (exact) mass is 445 g/mol. The standard InChI is InChI=1S/C28H25F2NS/c1-2-3-19-4-6-20(7-5-19)8-9-21-10-11-23-15-24(13-12-22(23)14-21)25-16-26(29)28(31-18-32)27(30)17-25/h10-17,19-20H,2-7H2,1H3. The van der Waals surface area contributed by atoms with Crippen LogP contribution in [0.2, 0.25) is 0 Å². The maximum absolute atomic E-state index is 14.2. The number of hydrogen-bond donors (Lipinski definition) is 0. The van der Waals surface area contributed by atoms with Crippen molar-refractivity contribution in [2.75, 3.05) is 0 Å². The fraction of sp³-hybridized carbons (Fsp3) is 0.321. The van der Waals surface area contributed by atoms with Crippen LogP contribution in [0.15, 0.2) is 53.5 Å². The molecule has 1 nitrogen and oxygen atoms in total. The molecule has 4 rings (SSSR count). The van der Waals surface area contributed by atoms with Crippen LogP contribution < -0.4 is 0 Å². The van der Waals surface area contributed by atoms with Crippen LogP contribution in [0.25, 0.3) is 21.9 Å². The first-order valence-electron chi connectivity index (χ1n) is 11.2. The Bertz CT molecular complexity index is 1220. The van der Waals surface area contributed by atoms with Gasteiger partial charge in [0.1, 0.15) is 5.69 Å². The molecule has 3 aromatic rings. The van der Waals surface area contributed by atoms with Gasteiger partial charge in [0.2, 0.25) is 0 Å². The van der Waals surface area contributed by atoms with Crippen molar-refractivity contribution in [3.8, 4) is 23.0 Å². The summed E-state index contributed by atoms with van der Waals surface area (Å²) in [5, 5.41) is 4.06. The molecule has 0 heterocycles. The Labute approximate surface area is 193 Å². The van der Waals surface area contributed by atoms with Crippen molar-refractivity contribution in [1.29, 1.82) is 0 Å². The Kier molecular flexibility index (Phi) is 7.10. The summed E-state index contributed by atoms with van der Waals surface area (Å²) in [7, 11) is 0. The van der Waals surface area contributed by atoms with Gasteiger partial charge in [0.15, 0.2) is 11.6 Å². The van der Waals surface area contributed by atoms with Crippen molar-refractivity contribution in [2.24, 2.45) is 16.8 Å². The van der Waals surface area contributed by atoms with Crippen molar-refractivity contribution >= 4 is 33.8 Å². The Morgan fingerprint density at radius 1 is 0.906 bits per heavy atom. The zero-order valence-corrected chi connectivity index (χ0v) is 18.9. The summed E-state index contributed by atoms with van der Waals surface area (Å²) >= 11 is 4.45. The molecule has 3 aromatic carbocycles. The molecule has 0 aliphatic heterocycles. The van der Waals surface area contributed by atoms with Gasteiger partial charge in [-0.1, -0.05) is 49.8 Å². The van der Waals surface area contributed by atoms with Gasteiger partial charge in [-0.3, -0.25) is 0 Å². The van der Waals surface area contributed by atoms with E-state index in [1.54, 1.807) is 0 Å². The molecule has 4 heteroatoms. The number of nitrogens with zero attached hydrogens (tertiary/aromatic N) is 1. The lowest BCUT2D eigenvalue weighted by atomic mass is 9.80. The summed E-state index contributed by atoms with van der Waals surface area (Å²) in [6.45, 7) is 2.26. The maximum Gasteiger partial charge on any atom is 0.153 e. The van der Waals surface area contributed by atoms with Gasteiger partial charge in [-0.05, 0) is 96.1 Å². The molecular formula is C28H25F2NS. The molecule has 0 atom stereocenters. The third-order valence-electron chi connectivity index (χ3n) is 6.31. The number of aliphatic imine (C=N–C) groups is 1. The van der Waals surface area contributed by atoms with Crippen molar-refractivity contribution in [3.05, 3.63) is 65.7 Å². The molecule has 0 bridgehead atoms. The van der Waals surface area contributed by atoms with Crippen LogP contribution >= 0.6 is 12.2 Å². The first-order valence-corrected chi connectivity index (χ1v) is 11.6. The van der Waals surface area contributed by atoms with E-state index in [0.29, 0.717) is 11.5 Å². The van der Waals surface area contributed by atoms with E-state index in [4.69, 9.17) is 0 Å². The predicted octanol–water partition coefficient (Wildman–Crippen LogP) is 8.48. The molecule has 0 N–H and O–H groups in total. The topological polar surface area (TPSA) is 12.4 Å². The molecule has 1 saturated carbocycles. The molecule has 0 saturated heterocycles. The lowest BCUT2D eigenvalue weighted by Gasteiger charge is -2.25. The lowest BCUT2D eigenvalue weighted by Crippen LogP contribution is -2.13. The molecule has 0 radical (unpaired) electrons. The highest BCUT2D eigenvalue weighted by atomic mass is 32.1. The van der Waals surface area contributed by atoms with E-state index in [0.717, 1.165) is 27.8 Å². The van der Waals surface area contributed by atoms with Crippen LogP contribution in [-0.2, 0) is 0 Å². The smallest absolute Gasteiger partial charge is 0.153 e. The Morgan fingerprint density at radius 2 is 1.59 bits per heavy atom. The molecule has 0 spiro atoms. The van der Waals surface area contributed by atoms with E-state index in [9.17, 15) is 8.78 Å². The molecule has 1 aliphatic carbocycles. The average Bonchev–Trinajstić information content (AvgIpc) is 2.80. The number of hydrogen-bond acceptors (Lipinski definition) is 2. The normalized spacial score (nSPS) is 18.0. The fourth-order valence-corrected chi connectivity index (χ4v) is 4.67. The molecule has 1 fully saturated rings. The van der Waals surface area contributed by atoms with Gasteiger partial charge >= 0.3 is 0 Å². The van der Waals surface area contributed by atoms with E-state index in [1.807, 2.05) is 35.5 Å². The summed E-state index contributed by atoms with van der Waals surface area (Å²) in [4.78, 5) is 3.47. The highest BCUT2D eigenvalue weighted by Crippen LogP contribution is 2.32. The number of benzene rings is 3. The zero-order valence-electron chi connectivity index (χ0n) is 18.1. The Balaban J connectivity index is 1.53.